The lowest BCUT2D eigenvalue weighted by Gasteiger charge is -2.25. The Morgan fingerprint density at radius 1 is 0.973 bits per heavy atom. The van der Waals surface area contributed by atoms with Crippen molar-refractivity contribution in [3.63, 3.8) is 0 Å². The fraction of sp³-hybridized carbons (Fsp3) is 0.138. The largest absolute Gasteiger partial charge is 0.493 e. The summed E-state index contributed by atoms with van der Waals surface area (Å²) in [4.78, 5) is 32.5. The van der Waals surface area contributed by atoms with Crippen molar-refractivity contribution in [2.45, 2.75) is 13.0 Å². The van der Waals surface area contributed by atoms with Crippen molar-refractivity contribution < 1.29 is 14.3 Å². The van der Waals surface area contributed by atoms with Crippen molar-refractivity contribution in [2.75, 3.05) is 19.5 Å². The van der Waals surface area contributed by atoms with E-state index in [2.05, 4.69) is 10.3 Å². The normalized spacial score (nSPS) is 15.1. The van der Waals surface area contributed by atoms with Crippen molar-refractivity contribution in [3.05, 3.63) is 121 Å². The maximum atomic E-state index is 13.8. The average Bonchev–Trinajstić information content (AvgIpc) is 3.22. The number of allylic oxidation sites excluding steroid dienone is 1. The molecule has 0 aliphatic carbocycles. The summed E-state index contributed by atoms with van der Waals surface area (Å²) in [6, 6.07) is 23.6. The molecule has 0 saturated heterocycles. The third-order valence-corrected chi connectivity index (χ3v) is 7.10. The van der Waals surface area contributed by atoms with E-state index in [4.69, 9.17) is 9.47 Å². The number of fused-ring (bicyclic) bond motifs is 1. The zero-order chi connectivity index (χ0) is 25.9. The van der Waals surface area contributed by atoms with E-state index in [1.807, 2.05) is 72.8 Å². The molecule has 7 nitrogen and oxygen atoms in total. The van der Waals surface area contributed by atoms with E-state index in [-0.39, 0.29) is 11.5 Å². The molecule has 4 aromatic rings. The molecule has 1 atom stereocenters. The summed E-state index contributed by atoms with van der Waals surface area (Å²) in [6.07, 6.45) is 1.80. The molecule has 8 heteroatoms. The molecule has 0 radical (unpaired) electrons. The molecule has 5 rings (SSSR count). The van der Waals surface area contributed by atoms with Crippen LogP contribution in [0.3, 0.4) is 0 Å². The van der Waals surface area contributed by atoms with E-state index in [0.29, 0.717) is 37.8 Å². The van der Waals surface area contributed by atoms with Crippen LogP contribution in [0.1, 0.15) is 24.1 Å². The first-order valence-corrected chi connectivity index (χ1v) is 12.5. The van der Waals surface area contributed by atoms with E-state index in [0.717, 1.165) is 11.1 Å². The Morgan fingerprint density at radius 2 is 1.65 bits per heavy atom. The quantitative estimate of drug-likeness (QED) is 0.426. The van der Waals surface area contributed by atoms with Gasteiger partial charge in [0, 0.05) is 5.69 Å². The highest BCUT2D eigenvalue weighted by Crippen LogP contribution is 2.31. The second-order valence-electron chi connectivity index (χ2n) is 8.43. The van der Waals surface area contributed by atoms with Crippen LogP contribution >= 0.6 is 11.3 Å². The van der Waals surface area contributed by atoms with Gasteiger partial charge >= 0.3 is 0 Å². The molecule has 1 aliphatic heterocycles. The second kappa shape index (κ2) is 10.3. The summed E-state index contributed by atoms with van der Waals surface area (Å²) in [7, 11) is 3.15. The molecule has 37 heavy (non-hydrogen) atoms. The number of methoxy groups -OCH3 is 2. The number of thiazole rings is 1. The molecule has 1 aliphatic rings. The molecule has 0 saturated carbocycles. The van der Waals surface area contributed by atoms with Gasteiger partial charge in [0.05, 0.1) is 36.1 Å². The molecule has 0 bridgehead atoms. The summed E-state index contributed by atoms with van der Waals surface area (Å²) >= 11 is 1.29. The van der Waals surface area contributed by atoms with Gasteiger partial charge < -0.3 is 14.8 Å². The fourth-order valence-corrected chi connectivity index (χ4v) is 5.42. The number of rotatable bonds is 6. The monoisotopic (exact) mass is 511 g/mol. The van der Waals surface area contributed by atoms with E-state index in [9.17, 15) is 9.59 Å². The highest BCUT2D eigenvalue weighted by Gasteiger charge is 2.32. The lowest BCUT2D eigenvalue weighted by atomic mass is 9.95. The number of carbonyl (C=O) groups excluding carboxylic acids is 1. The van der Waals surface area contributed by atoms with Crippen LogP contribution in [0.2, 0.25) is 0 Å². The van der Waals surface area contributed by atoms with E-state index in [1.54, 1.807) is 37.9 Å². The van der Waals surface area contributed by atoms with Crippen LogP contribution in [-0.2, 0) is 4.79 Å². The first kappa shape index (κ1) is 24.3. The van der Waals surface area contributed by atoms with Gasteiger partial charge in [0.2, 0.25) is 0 Å². The Kier molecular flexibility index (Phi) is 6.74. The van der Waals surface area contributed by atoms with E-state index < -0.39 is 6.04 Å². The third kappa shape index (κ3) is 4.71. The second-order valence-corrected chi connectivity index (χ2v) is 9.44. The molecule has 0 spiro atoms. The van der Waals surface area contributed by atoms with Crippen molar-refractivity contribution in [1.29, 1.82) is 0 Å². The molecule has 3 aromatic carbocycles. The van der Waals surface area contributed by atoms with Crippen molar-refractivity contribution in [1.82, 2.24) is 4.57 Å². The molecule has 0 unspecified atom stereocenters. The fourth-order valence-electron chi connectivity index (χ4n) is 4.38. The number of hydrogen-bond acceptors (Lipinski definition) is 6. The Bertz CT molecular complexity index is 1670. The van der Waals surface area contributed by atoms with Crippen LogP contribution in [0, 0.1) is 0 Å². The summed E-state index contributed by atoms with van der Waals surface area (Å²) in [6.45, 7) is 1.81. The topological polar surface area (TPSA) is 81.9 Å². The minimum Gasteiger partial charge on any atom is -0.493 e. The molecule has 0 fully saturated rings. The summed E-state index contributed by atoms with van der Waals surface area (Å²) in [5.41, 5.74) is 3.07. The van der Waals surface area contributed by atoms with Gasteiger partial charge in [-0.1, -0.05) is 65.9 Å². The number of nitrogens with zero attached hydrogens (tertiary/aromatic N) is 2. The number of para-hydroxylation sites is 1. The van der Waals surface area contributed by atoms with E-state index >= 15 is 0 Å². The van der Waals surface area contributed by atoms with Gasteiger partial charge in [0.15, 0.2) is 16.3 Å². The standard InChI is InChI=1S/C29H25N3O4S/c1-18-25(27(33)31-21-12-8-5-9-13-21)26(20-10-6-4-7-11-20)32-28(34)24(37-29(32)30-18)17-19-14-15-22(35-2)23(16-19)36-3/h4-17,26H,1-3H3,(H,31,33)/t26-/m1/s1. The molecule has 1 N–H and O–H groups in total. The van der Waals surface area contributed by atoms with Gasteiger partial charge in [-0.05, 0) is 48.4 Å². The minimum absolute atomic E-state index is 0.218. The van der Waals surface area contributed by atoms with Crippen molar-refractivity contribution in [3.8, 4) is 11.5 Å². The molecule has 186 valence electrons. The minimum atomic E-state index is -0.617. The summed E-state index contributed by atoms with van der Waals surface area (Å²) < 4.78 is 12.8. The smallest absolute Gasteiger partial charge is 0.271 e. The highest BCUT2D eigenvalue weighted by molar-refractivity contribution is 7.07. The van der Waals surface area contributed by atoms with Crippen LogP contribution in [0.4, 0.5) is 5.69 Å². The average molecular weight is 512 g/mol. The van der Waals surface area contributed by atoms with Gasteiger partial charge in [-0.25, -0.2) is 4.99 Å². The Morgan fingerprint density at radius 3 is 2.32 bits per heavy atom. The number of ether oxygens (including phenoxy) is 2. The Hall–Kier alpha value is -4.43. The number of nitrogens with one attached hydrogen (secondary N) is 1. The van der Waals surface area contributed by atoms with Crippen molar-refractivity contribution >= 4 is 29.0 Å². The Balaban J connectivity index is 1.65. The molecule has 1 amide bonds. The number of aromatic nitrogens is 1. The van der Waals surface area contributed by atoms with Gasteiger partial charge in [0.1, 0.15) is 0 Å². The van der Waals surface area contributed by atoms with E-state index in [1.165, 1.54) is 11.3 Å². The zero-order valence-corrected chi connectivity index (χ0v) is 21.4. The maximum Gasteiger partial charge on any atom is 0.271 e. The number of carbonyl (C=O) groups is 1. The number of amides is 1. The van der Waals surface area contributed by atoms with Crippen LogP contribution in [0.15, 0.2) is 99.9 Å². The maximum absolute atomic E-state index is 13.8. The lowest BCUT2D eigenvalue weighted by molar-refractivity contribution is -0.113. The van der Waals surface area contributed by atoms with Gasteiger partial charge in [-0.15, -0.1) is 0 Å². The van der Waals surface area contributed by atoms with Crippen LogP contribution in [-0.4, -0.2) is 24.7 Å². The molecule has 2 heterocycles. The molecule has 1 aromatic heterocycles. The van der Waals surface area contributed by atoms with Crippen LogP contribution in [0.5, 0.6) is 11.5 Å². The lowest BCUT2D eigenvalue weighted by Crippen LogP contribution is -2.40. The molecular weight excluding hydrogens is 486 g/mol. The first-order valence-electron chi connectivity index (χ1n) is 11.7. The van der Waals surface area contributed by atoms with Crippen LogP contribution < -0.4 is 29.7 Å². The van der Waals surface area contributed by atoms with Gasteiger partial charge in [-0.2, -0.15) is 0 Å². The Labute approximate surface area is 217 Å². The predicted molar refractivity (Wildman–Crippen MR) is 145 cm³/mol. The number of hydrogen-bond donors (Lipinski definition) is 1. The number of anilines is 1. The van der Waals surface area contributed by atoms with Gasteiger partial charge in [0.25, 0.3) is 11.5 Å². The SMILES string of the molecule is COc1ccc(C=c2sc3n(c2=O)[C@H](c2ccccc2)C(C(=O)Nc2ccccc2)=C(C)N=3)cc1OC. The summed E-state index contributed by atoms with van der Waals surface area (Å²) in [5.74, 6) is 0.882. The van der Waals surface area contributed by atoms with Crippen LogP contribution in [0.25, 0.3) is 6.08 Å². The third-order valence-electron chi connectivity index (χ3n) is 6.12. The zero-order valence-electron chi connectivity index (χ0n) is 20.6. The molecular formula is C29H25N3O4S. The van der Waals surface area contributed by atoms with Gasteiger partial charge in [-0.3, -0.25) is 14.2 Å². The number of benzene rings is 3. The summed E-state index contributed by atoms with van der Waals surface area (Å²) in [5, 5.41) is 2.96. The van der Waals surface area contributed by atoms with Crippen molar-refractivity contribution in [2.24, 2.45) is 4.99 Å². The first-order chi connectivity index (χ1) is 18.0. The predicted octanol–water partition coefficient (Wildman–Crippen LogP) is 3.89. The highest BCUT2D eigenvalue weighted by atomic mass is 32.1.